The molecule has 2 rings (SSSR count). The molecule has 2 aromatic rings. The quantitative estimate of drug-likeness (QED) is 0.681. The van der Waals surface area contributed by atoms with Crippen molar-refractivity contribution in [2.24, 2.45) is 0 Å². The second kappa shape index (κ2) is 3.06. The van der Waals surface area contributed by atoms with Crippen molar-refractivity contribution in [3.8, 4) is 11.5 Å². The molecule has 0 radical (unpaired) electrons. The summed E-state index contributed by atoms with van der Waals surface area (Å²) in [6.07, 6.45) is 1.61. The van der Waals surface area contributed by atoms with Crippen LogP contribution in [0.3, 0.4) is 0 Å². The lowest BCUT2D eigenvalue weighted by Crippen LogP contribution is -1.99. The lowest BCUT2D eigenvalue weighted by atomic mass is 10.3. The summed E-state index contributed by atoms with van der Waals surface area (Å²) < 4.78 is 0. The Kier molecular flexibility index (Phi) is 1.88. The number of nitrogen functional groups attached to an aromatic ring is 1. The molecule has 0 bridgehead atoms. The SMILES string of the molecule is Cc1cnc(N)c(-c2n[nH]c(C)n2)n1. The number of aromatic nitrogens is 5. The van der Waals surface area contributed by atoms with Crippen molar-refractivity contribution in [2.75, 3.05) is 5.73 Å². The number of H-pyrrole nitrogens is 1. The number of nitrogens with one attached hydrogen (secondary N) is 1. The van der Waals surface area contributed by atoms with Gasteiger partial charge in [-0.25, -0.2) is 15.0 Å². The first-order chi connectivity index (χ1) is 6.66. The van der Waals surface area contributed by atoms with Crippen LogP contribution in [0.15, 0.2) is 6.20 Å². The average Bonchev–Trinajstić information content (AvgIpc) is 2.56. The molecule has 0 saturated carbocycles. The molecular weight excluding hydrogens is 180 g/mol. The number of rotatable bonds is 1. The average molecular weight is 190 g/mol. The van der Waals surface area contributed by atoms with E-state index in [1.807, 2.05) is 13.8 Å². The Morgan fingerprint density at radius 2 is 2.07 bits per heavy atom. The highest BCUT2D eigenvalue weighted by molar-refractivity contribution is 5.62. The summed E-state index contributed by atoms with van der Waals surface area (Å²) in [4.78, 5) is 12.3. The maximum Gasteiger partial charge on any atom is 0.203 e. The smallest absolute Gasteiger partial charge is 0.203 e. The van der Waals surface area contributed by atoms with E-state index >= 15 is 0 Å². The third-order valence-electron chi connectivity index (χ3n) is 1.73. The van der Waals surface area contributed by atoms with Gasteiger partial charge in [0.1, 0.15) is 5.82 Å². The fraction of sp³-hybridized carbons (Fsp3) is 0.250. The van der Waals surface area contributed by atoms with E-state index in [-0.39, 0.29) is 0 Å². The summed E-state index contributed by atoms with van der Waals surface area (Å²) in [7, 11) is 0. The van der Waals surface area contributed by atoms with Crippen molar-refractivity contribution in [1.29, 1.82) is 0 Å². The third kappa shape index (κ3) is 1.41. The van der Waals surface area contributed by atoms with Crippen LogP contribution in [-0.2, 0) is 0 Å². The number of anilines is 1. The maximum absolute atomic E-state index is 5.66. The van der Waals surface area contributed by atoms with Gasteiger partial charge in [-0.2, -0.15) is 5.10 Å². The van der Waals surface area contributed by atoms with Crippen molar-refractivity contribution < 1.29 is 0 Å². The van der Waals surface area contributed by atoms with E-state index in [2.05, 4.69) is 25.1 Å². The molecule has 0 spiro atoms. The summed E-state index contributed by atoms with van der Waals surface area (Å²) in [5.74, 6) is 1.55. The number of hydrogen-bond donors (Lipinski definition) is 2. The van der Waals surface area contributed by atoms with Crippen molar-refractivity contribution in [1.82, 2.24) is 25.1 Å². The van der Waals surface area contributed by atoms with Gasteiger partial charge in [-0.3, -0.25) is 5.10 Å². The fourth-order valence-corrected chi connectivity index (χ4v) is 1.10. The van der Waals surface area contributed by atoms with Gasteiger partial charge in [0.15, 0.2) is 11.5 Å². The van der Waals surface area contributed by atoms with Gasteiger partial charge in [-0.15, -0.1) is 0 Å². The topological polar surface area (TPSA) is 93.4 Å². The lowest BCUT2D eigenvalue weighted by molar-refractivity contribution is 1.03. The van der Waals surface area contributed by atoms with Crippen LogP contribution >= 0.6 is 0 Å². The van der Waals surface area contributed by atoms with Gasteiger partial charge >= 0.3 is 0 Å². The van der Waals surface area contributed by atoms with E-state index in [1.54, 1.807) is 6.20 Å². The highest BCUT2D eigenvalue weighted by Crippen LogP contribution is 2.17. The highest BCUT2D eigenvalue weighted by Gasteiger charge is 2.10. The van der Waals surface area contributed by atoms with Gasteiger partial charge in [-0.1, -0.05) is 0 Å². The summed E-state index contributed by atoms with van der Waals surface area (Å²) >= 11 is 0. The molecule has 2 heterocycles. The summed E-state index contributed by atoms with van der Waals surface area (Å²) in [6, 6.07) is 0. The Bertz CT molecular complexity index is 461. The van der Waals surface area contributed by atoms with Crippen LogP contribution in [0.1, 0.15) is 11.5 Å². The van der Waals surface area contributed by atoms with Crippen LogP contribution in [0.5, 0.6) is 0 Å². The standard InChI is InChI=1S/C8H10N6/c1-4-3-10-7(9)6(11-4)8-12-5(2)13-14-8/h3H,1-2H3,(H2,9,10)(H,12,13,14). The van der Waals surface area contributed by atoms with Gasteiger partial charge in [0.2, 0.25) is 5.82 Å². The van der Waals surface area contributed by atoms with Crippen LogP contribution in [0.2, 0.25) is 0 Å². The summed E-state index contributed by atoms with van der Waals surface area (Å²) in [5.41, 5.74) is 6.97. The number of nitrogens with zero attached hydrogens (tertiary/aromatic N) is 4. The fourth-order valence-electron chi connectivity index (χ4n) is 1.10. The first-order valence-electron chi connectivity index (χ1n) is 4.15. The molecule has 0 fully saturated rings. The molecule has 6 nitrogen and oxygen atoms in total. The second-order valence-corrected chi connectivity index (χ2v) is 2.99. The molecule has 0 unspecified atom stereocenters. The number of aromatic amines is 1. The van der Waals surface area contributed by atoms with Crippen molar-refractivity contribution in [3.05, 3.63) is 17.7 Å². The van der Waals surface area contributed by atoms with Crippen LogP contribution in [-0.4, -0.2) is 25.1 Å². The largest absolute Gasteiger partial charge is 0.382 e. The van der Waals surface area contributed by atoms with Gasteiger partial charge in [0.05, 0.1) is 11.9 Å². The predicted molar refractivity (Wildman–Crippen MR) is 51.3 cm³/mol. The minimum Gasteiger partial charge on any atom is -0.382 e. The number of nitrogens with two attached hydrogens (primary N) is 1. The van der Waals surface area contributed by atoms with E-state index in [9.17, 15) is 0 Å². The zero-order chi connectivity index (χ0) is 10.1. The molecule has 0 aliphatic heterocycles. The molecule has 0 saturated heterocycles. The van der Waals surface area contributed by atoms with Gasteiger partial charge in [0.25, 0.3) is 0 Å². The normalized spacial score (nSPS) is 10.4. The van der Waals surface area contributed by atoms with Gasteiger partial charge in [-0.05, 0) is 13.8 Å². The predicted octanol–water partition coefficient (Wildman–Crippen LogP) is 0.461. The monoisotopic (exact) mass is 190 g/mol. The summed E-state index contributed by atoms with van der Waals surface area (Å²) in [6.45, 7) is 3.66. The van der Waals surface area contributed by atoms with E-state index in [0.717, 1.165) is 11.5 Å². The summed E-state index contributed by atoms with van der Waals surface area (Å²) in [5, 5.41) is 6.70. The number of hydrogen-bond acceptors (Lipinski definition) is 5. The van der Waals surface area contributed by atoms with Gasteiger partial charge in [0, 0.05) is 0 Å². The molecule has 14 heavy (non-hydrogen) atoms. The molecule has 0 aromatic carbocycles. The Labute approximate surface area is 80.6 Å². The highest BCUT2D eigenvalue weighted by atomic mass is 15.2. The van der Waals surface area contributed by atoms with Crippen LogP contribution in [0.4, 0.5) is 5.82 Å². The van der Waals surface area contributed by atoms with E-state index in [4.69, 9.17) is 5.73 Å². The van der Waals surface area contributed by atoms with E-state index in [0.29, 0.717) is 17.3 Å². The molecule has 2 aromatic heterocycles. The van der Waals surface area contributed by atoms with Crippen LogP contribution in [0.25, 0.3) is 11.5 Å². The van der Waals surface area contributed by atoms with E-state index in [1.165, 1.54) is 0 Å². The molecule has 3 N–H and O–H groups in total. The van der Waals surface area contributed by atoms with Crippen molar-refractivity contribution in [2.45, 2.75) is 13.8 Å². The zero-order valence-corrected chi connectivity index (χ0v) is 7.94. The molecule has 0 amide bonds. The Balaban J connectivity index is 2.55. The van der Waals surface area contributed by atoms with Gasteiger partial charge < -0.3 is 5.73 Å². The molecule has 0 aliphatic carbocycles. The zero-order valence-electron chi connectivity index (χ0n) is 7.94. The molecule has 0 aliphatic rings. The first-order valence-corrected chi connectivity index (χ1v) is 4.15. The third-order valence-corrected chi connectivity index (χ3v) is 1.73. The van der Waals surface area contributed by atoms with Crippen molar-refractivity contribution in [3.63, 3.8) is 0 Å². The van der Waals surface area contributed by atoms with Crippen molar-refractivity contribution >= 4 is 5.82 Å². The Morgan fingerprint density at radius 1 is 1.29 bits per heavy atom. The van der Waals surface area contributed by atoms with E-state index < -0.39 is 0 Å². The molecule has 72 valence electrons. The first kappa shape index (κ1) is 8.61. The Hall–Kier alpha value is -1.98. The maximum atomic E-state index is 5.66. The minimum absolute atomic E-state index is 0.342. The molecule has 0 atom stereocenters. The minimum atomic E-state index is 0.342. The Morgan fingerprint density at radius 3 is 2.71 bits per heavy atom. The van der Waals surface area contributed by atoms with Crippen LogP contribution < -0.4 is 5.73 Å². The molecule has 6 heteroatoms. The molecular formula is C8H10N6. The number of aryl methyl sites for hydroxylation is 2. The lowest BCUT2D eigenvalue weighted by Gasteiger charge is -1.99. The second-order valence-electron chi connectivity index (χ2n) is 2.99. The van der Waals surface area contributed by atoms with Crippen LogP contribution in [0, 0.1) is 13.8 Å².